The fourth-order valence-corrected chi connectivity index (χ4v) is 0. The molecule has 0 N–H and O–H groups in total. The van der Waals surface area contributed by atoms with Gasteiger partial charge in [-0.15, -0.1) is 0 Å². The van der Waals surface area contributed by atoms with Crippen molar-refractivity contribution in [3.63, 3.8) is 0 Å². The summed E-state index contributed by atoms with van der Waals surface area (Å²) >= 11 is 0. The molecule has 0 fully saturated rings. The van der Waals surface area contributed by atoms with Gasteiger partial charge in [0.15, 0.2) is 0 Å². The van der Waals surface area contributed by atoms with Crippen molar-refractivity contribution in [1.29, 1.82) is 0 Å². The summed E-state index contributed by atoms with van der Waals surface area (Å²) < 4.78 is 0. The maximum Gasteiger partial charge on any atom is 3.00 e. The molecule has 40 valence electrons. The second kappa shape index (κ2) is 60.4. The van der Waals surface area contributed by atoms with Crippen molar-refractivity contribution >= 4 is 158 Å². The van der Waals surface area contributed by atoms with Crippen molar-refractivity contribution in [3.8, 4) is 0 Å². The third kappa shape index (κ3) is 52.0. The Morgan fingerprint density at radius 3 is 0.333 bits per heavy atom. The minimum absolute atomic E-state index is 0. The first-order valence-corrected chi connectivity index (χ1v) is 0. The summed E-state index contributed by atoms with van der Waals surface area (Å²) in [5.74, 6) is 0. The van der Waals surface area contributed by atoms with E-state index < -0.39 is 0 Å². The normalized spacial score (nSPS) is 0. The van der Waals surface area contributed by atoms with E-state index in [4.69, 9.17) is 0 Å². The molecule has 0 amide bonds. The van der Waals surface area contributed by atoms with Crippen LogP contribution in [0.25, 0.3) is 0 Å². The van der Waals surface area contributed by atoms with E-state index in [1.165, 1.54) is 0 Å². The summed E-state index contributed by atoms with van der Waals surface area (Å²) in [6.07, 6.45) is 0. The standard InChI is InChI=1S/5S.2Sr.2Y/q5*-2;2*+2;2*+3. The predicted molar refractivity (Wildman–Crippen MR) is 48.3 cm³/mol. The Hall–Kier alpha value is 6.92. The quantitative estimate of drug-likeness (QED) is 0.374. The van der Waals surface area contributed by atoms with Gasteiger partial charge in [0.25, 0.3) is 0 Å². The van der Waals surface area contributed by atoms with Gasteiger partial charge in [0.2, 0.25) is 0 Å². The molecular formula is S5Sr2Y2. The van der Waals surface area contributed by atoms with E-state index in [0.29, 0.717) is 0 Å². The maximum absolute atomic E-state index is 0. The Kier molecular flexibility index (Phi) is 497. The number of hydrogen-bond donors (Lipinski definition) is 0. The van der Waals surface area contributed by atoms with Gasteiger partial charge < -0.3 is 67.5 Å². The summed E-state index contributed by atoms with van der Waals surface area (Å²) in [5, 5.41) is 0. The van der Waals surface area contributed by atoms with Crippen LogP contribution in [-0.4, -0.2) is 91.0 Å². The summed E-state index contributed by atoms with van der Waals surface area (Å²) in [5.41, 5.74) is 0. The molecule has 0 aliphatic heterocycles. The molecule has 0 aliphatic rings. The molecule has 0 atom stereocenters. The van der Waals surface area contributed by atoms with Crippen molar-refractivity contribution in [2.24, 2.45) is 0 Å². The van der Waals surface area contributed by atoms with Gasteiger partial charge in [-0.3, -0.25) is 0 Å². The molecule has 0 aromatic carbocycles. The van der Waals surface area contributed by atoms with Crippen LogP contribution in [0.2, 0.25) is 0 Å². The maximum atomic E-state index is 0. The zero-order valence-electron chi connectivity index (χ0n) is 4.61. The fourth-order valence-electron chi connectivity index (χ4n) is 0. The Bertz CT molecular complexity index is 12.9. The van der Waals surface area contributed by atoms with E-state index in [2.05, 4.69) is 0 Å². The zero-order chi connectivity index (χ0) is 0. The molecule has 0 bridgehead atoms. The van der Waals surface area contributed by atoms with Crippen LogP contribution >= 0.6 is 0 Å². The molecule has 0 unspecified atom stereocenters. The predicted octanol–water partition coefficient (Wildman–Crippen LogP) is -0.779. The van der Waals surface area contributed by atoms with Crippen LogP contribution in [0.3, 0.4) is 0 Å². The molecule has 0 spiro atoms. The van der Waals surface area contributed by atoms with Crippen LogP contribution in [0, 0.1) is 0 Å². The average molecular weight is 513 g/mol. The molecule has 0 nitrogen and oxygen atoms in total. The second-order valence-corrected chi connectivity index (χ2v) is 0. The second-order valence-electron chi connectivity index (χ2n) is 0. The largest absolute Gasteiger partial charge is 3.00 e. The Morgan fingerprint density at radius 1 is 0.333 bits per heavy atom. The van der Waals surface area contributed by atoms with Gasteiger partial charge in [0.1, 0.15) is 0 Å². The van der Waals surface area contributed by atoms with Crippen LogP contribution in [0.1, 0.15) is 0 Å². The SMILES string of the molecule is [S-2].[S-2].[S-2].[S-2].[S-2].[Sr+2].[Sr+2].[Y+3].[Y+3]. The van der Waals surface area contributed by atoms with E-state index in [1.807, 2.05) is 0 Å². The van der Waals surface area contributed by atoms with Gasteiger partial charge in [-0.25, -0.2) is 0 Å². The van der Waals surface area contributed by atoms with Crippen LogP contribution < -0.4 is 0 Å². The topological polar surface area (TPSA) is 0 Å². The molecule has 0 radical (unpaired) electrons. The third-order valence-electron chi connectivity index (χ3n) is 0. The zero-order valence-corrected chi connectivity index (χ0v) is 21.3. The van der Waals surface area contributed by atoms with Crippen molar-refractivity contribution in [2.45, 2.75) is 0 Å². The minimum Gasteiger partial charge on any atom is -2.00 e. The molecule has 0 rings (SSSR count). The van der Waals surface area contributed by atoms with Crippen LogP contribution in [0.15, 0.2) is 0 Å². The molecule has 0 saturated carbocycles. The molecule has 9 heavy (non-hydrogen) atoms. The Labute approximate surface area is 217 Å². The molecule has 0 aromatic rings. The first-order valence-electron chi connectivity index (χ1n) is 0. The fraction of sp³-hybridized carbons (Fsp3) is 0. The van der Waals surface area contributed by atoms with Crippen LogP contribution in [0.5, 0.6) is 0 Å². The summed E-state index contributed by atoms with van der Waals surface area (Å²) in [6, 6.07) is 0. The molecule has 0 aromatic heterocycles. The van der Waals surface area contributed by atoms with Gasteiger partial charge in [-0.2, -0.15) is 0 Å². The van der Waals surface area contributed by atoms with Gasteiger partial charge >= 0.3 is 156 Å². The Morgan fingerprint density at radius 2 is 0.333 bits per heavy atom. The van der Waals surface area contributed by atoms with E-state index in [9.17, 15) is 0 Å². The van der Waals surface area contributed by atoms with Crippen molar-refractivity contribution in [2.75, 3.05) is 0 Å². The smallest absolute Gasteiger partial charge is 2.00 e. The molecule has 0 heterocycles. The van der Waals surface area contributed by atoms with Gasteiger partial charge in [0, 0.05) is 0 Å². The van der Waals surface area contributed by atoms with E-state index >= 15 is 0 Å². The van der Waals surface area contributed by atoms with Crippen molar-refractivity contribution < 1.29 is 65.4 Å². The van der Waals surface area contributed by atoms with Gasteiger partial charge in [-0.05, 0) is 0 Å². The van der Waals surface area contributed by atoms with Gasteiger partial charge in [0.05, 0.1) is 0 Å². The minimum atomic E-state index is 0. The first kappa shape index (κ1) is 74.0. The monoisotopic (exact) mass is 513 g/mol. The first-order chi connectivity index (χ1) is 0. The van der Waals surface area contributed by atoms with Crippen molar-refractivity contribution in [3.05, 3.63) is 0 Å². The van der Waals surface area contributed by atoms with Crippen molar-refractivity contribution in [1.82, 2.24) is 0 Å². The molecule has 9 heteroatoms. The third-order valence-corrected chi connectivity index (χ3v) is 0. The summed E-state index contributed by atoms with van der Waals surface area (Å²) in [7, 11) is 0. The van der Waals surface area contributed by atoms with E-state index in [0.717, 1.165) is 0 Å². The van der Waals surface area contributed by atoms with Crippen LogP contribution in [0.4, 0.5) is 0 Å². The van der Waals surface area contributed by atoms with E-state index in [1.54, 1.807) is 0 Å². The van der Waals surface area contributed by atoms with Gasteiger partial charge in [-0.1, -0.05) is 0 Å². The average Bonchev–Trinajstić information content (AvgIpc) is 0. The van der Waals surface area contributed by atoms with E-state index in [-0.39, 0.29) is 224 Å². The molecule has 0 saturated heterocycles. The molecule has 0 aliphatic carbocycles. The number of hydrogen-bond acceptors (Lipinski definition) is 0. The molecular weight excluding hydrogens is 513 g/mol. The summed E-state index contributed by atoms with van der Waals surface area (Å²) in [6.45, 7) is 0. The number of rotatable bonds is 0. The Balaban J connectivity index is 0. The van der Waals surface area contributed by atoms with Crippen LogP contribution in [-0.2, 0) is 133 Å². The summed E-state index contributed by atoms with van der Waals surface area (Å²) in [4.78, 5) is 0.